The number of fused-ring (bicyclic) bond motifs is 1. The lowest BCUT2D eigenvalue weighted by Crippen LogP contribution is -2.25. The molecule has 4 aromatic rings. The number of amides is 1. The Labute approximate surface area is 183 Å². The topological polar surface area (TPSA) is 99.4 Å². The van der Waals surface area contributed by atoms with Crippen molar-refractivity contribution in [3.8, 4) is 22.8 Å². The van der Waals surface area contributed by atoms with Crippen LogP contribution in [-0.4, -0.2) is 36.6 Å². The van der Waals surface area contributed by atoms with E-state index in [4.69, 9.17) is 15.2 Å². The van der Waals surface area contributed by atoms with Gasteiger partial charge in [0.1, 0.15) is 9.71 Å². The first kappa shape index (κ1) is 20.6. The van der Waals surface area contributed by atoms with Gasteiger partial charge in [-0.05, 0) is 48.4 Å². The van der Waals surface area contributed by atoms with Gasteiger partial charge in [0, 0.05) is 29.9 Å². The first-order valence-electron chi connectivity index (χ1n) is 9.69. The van der Waals surface area contributed by atoms with E-state index >= 15 is 0 Å². The maximum absolute atomic E-state index is 12.7. The molecule has 1 aromatic carbocycles. The van der Waals surface area contributed by atoms with E-state index in [1.165, 1.54) is 11.3 Å². The highest BCUT2D eigenvalue weighted by atomic mass is 32.1. The van der Waals surface area contributed by atoms with Crippen molar-refractivity contribution in [2.75, 3.05) is 26.5 Å². The van der Waals surface area contributed by atoms with Crippen LogP contribution in [0.2, 0.25) is 0 Å². The van der Waals surface area contributed by atoms with Crippen molar-refractivity contribution in [1.82, 2.24) is 15.3 Å². The van der Waals surface area contributed by atoms with Crippen LogP contribution in [0.1, 0.15) is 15.2 Å². The van der Waals surface area contributed by atoms with Gasteiger partial charge in [0.2, 0.25) is 0 Å². The molecule has 0 saturated carbocycles. The molecule has 0 aliphatic rings. The highest BCUT2D eigenvalue weighted by molar-refractivity contribution is 7.21. The van der Waals surface area contributed by atoms with Crippen molar-refractivity contribution in [3.63, 3.8) is 0 Å². The van der Waals surface area contributed by atoms with Crippen molar-refractivity contribution in [1.29, 1.82) is 0 Å². The summed E-state index contributed by atoms with van der Waals surface area (Å²) in [7, 11) is 3.20. The van der Waals surface area contributed by atoms with Gasteiger partial charge >= 0.3 is 0 Å². The van der Waals surface area contributed by atoms with Gasteiger partial charge in [-0.25, -0.2) is 4.98 Å². The minimum atomic E-state index is -0.205. The number of hydrogen-bond donors (Lipinski definition) is 2. The molecular weight excluding hydrogens is 412 g/mol. The number of nitrogen functional groups attached to an aromatic ring is 1. The standard InChI is InChI=1S/C23H22N4O3S/c1-29-18-8-5-14(12-19(18)30-2)9-11-26-22(28)21-20(24)16-6-7-17(27-23(16)31-21)15-4-3-10-25-13-15/h3-8,10,12-13H,9,11,24H2,1-2H3,(H,26,28). The lowest BCUT2D eigenvalue weighted by molar-refractivity contribution is 0.0959. The zero-order valence-corrected chi connectivity index (χ0v) is 18.0. The molecule has 8 heteroatoms. The van der Waals surface area contributed by atoms with E-state index in [2.05, 4.69) is 15.3 Å². The number of aromatic nitrogens is 2. The zero-order chi connectivity index (χ0) is 21.8. The number of carbonyl (C=O) groups excluding carboxylic acids is 1. The second-order valence-corrected chi connectivity index (χ2v) is 7.83. The maximum atomic E-state index is 12.7. The third kappa shape index (κ3) is 4.29. The molecule has 0 aliphatic heterocycles. The Balaban J connectivity index is 1.47. The summed E-state index contributed by atoms with van der Waals surface area (Å²) < 4.78 is 10.6. The minimum absolute atomic E-state index is 0.205. The average molecular weight is 435 g/mol. The van der Waals surface area contributed by atoms with E-state index in [1.54, 1.807) is 26.6 Å². The Bertz CT molecular complexity index is 1220. The number of hydrogen-bond acceptors (Lipinski definition) is 7. The van der Waals surface area contributed by atoms with Gasteiger partial charge in [-0.3, -0.25) is 9.78 Å². The first-order valence-corrected chi connectivity index (χ1v) is 10.5. The van der Waals surface area contributed by atoms with Gasteiger partial charge in [-0.15, -0.1) is 11.3 Å². The molecule has 7 nitrogen and oxygen atoms in total. The zero-order valence-electron chi connectivity index (χ0n) is 17.2. The quantitative estimate of drug-likeness (QED) is 0.457. The second kappa shape index (κ2) is 9.01. The Morgan fingerprint density at radius 1 is 1.13 bits per heavy atom. The first-order chi connectivity index (χ1) is 15.1. The summed E-state index contributed by atoms with van der Waals surface area (Å²) in [5, 5.41) is 3.72. The van der Waals surface area contributed by atoms with Crippen molar-refractivity contribution >= 4 is 33.1 Å². The monoisotopic (exact) mass is 434 g/mol. The number of nitrogens with two attached hydrogens (primary N) is 1. The van der Waals surface area contributed by atoms with E-state index in [9.17, 15) is 4.79 Å². The van der Waals surface area contributed by atoms with E-state index in [0.717, 1.165) is 27.0 Å². The number of benzene rings is 1. The molecule has 0 radical (unpaired) electrons. The van der Waals surface area contributed by atoms with Gasteiger partial charge in [-0.1, -0.05) is 6.07 Å². The third-order valence-electron chi connectivity index (χ3n) is 4.90. The smallest absolute Gasteiger partial charge is 0.263 e. The largest absolute Gasteiger partial charge is 0.493 e. The normalized spacial score (nSPS) is 10.8. The molecule has 158 valence electrons. The summed E-state index contributed by atoms with van der Waals surface area (Å²) in [6.45, 7) is 0.469. The van der Waals surface area contributed by atoms with Crippen LogP contribution in [0.5, 0.6) is 11.5 Å². The Morgan fingerprint density at radius 2 is 1.97 bits per heavy atom. The predicted molar refractivity (Wildman–Crippen MR) is 123 cm³/mol. The van der Waals surface area contributed by atoms with Crippen LogP contribution >= 0.6 is 11.3 Å². The maximum Gasteiger partial charge on any atom is 0.263 e. The van der Waals surface area contributed by atoms with E-state index in [1.807, 2.05) is 42.5 Å². The molecule has 0 fully saturated rings. The van der Waals surface area contributed by atoms with E-state index in [0.29, 0.717) is 35.0 Å². The van der Waals surface area contributed by atoms with Crippen LogP contribution < -0.4 is 20.5 Å². The van der Waals surface area contributed by atoms with Crippen molar-refractivity contribution in [2.45, 2.75) is 6.42 Å². The molecule has 0 bridgehead atoms. The highest BCUT2D eigenvalue weighted by Gasteiger charge is 2.17. The molecule has 0 aliphatic carbocycles. The molecular formula is C23H22N4O3S. The number of methoxy groups -OCH3 is 2. The van der Waals surface area contributed by atoms with Crippen molar-refractivity contribution in [3.05, 3.63) is 65.3 Å². The van der Waals surface area contributed by atoms with E-state index < -0.39 is 0 Å². The number of nitrogens with one attached hydrogen (secondary N) is 1. The lowest BCUT2D eigenvalue weighted by Gasteiger charge is -2.10. The van der Waals surface area contributed by atoms with E-state index in [-0.39, 0.29) is 5.91 Å². The fraction of sp³-hybridized carbons (Fsp3) is 0.174. The fourth-order valence-electron chi connectivity index (χ4n) is 3.28. The van der Waals surface area contributed by atoms with Crippen LogP contribution in [0.3, 0.4) is 0 Å². The van der Waals surface area contributed by atoms with Gasteiger partial charge < -0.3 is 20.5 Å². The number of carbonyl (C=O) groups is 1. The molecule has 3 N–H and O–H groups in total. The third-order valence-corrected chi connectivity index (χ3v) is 6.02. The summed E-state index contributed by atoms with van der Waals surface area (Å²) >= 11 is 1.29. The Hall–Kier alpha value is -3.65. The molecule has 3 heterocycles. The average Bonchev–Trinajstić information content (AvgIpc) is 3.15. The summed E-state index contributed by atoms with van der Waals surface area (Å²) in [6, 6.07) is 13.3. The molecule has 0 spiro atoms. The summed E-state index contributed by atoms with van der Waals surface area (Å²) in [5.74, 6) is 1.13. The summed E-state index contributed by atoms with van der Waals surface area (Å²) in [4.78, 5) is 22.7. The van der Waals surface area contributed by atoms with Gasteiger partial charge in [0.05, 0.1) is 25.6 Å². The lowest BCUT2D eigenvalue weighted by atomic mass is 10.1. The van der Waals surface area contributed by atoms with Crippen LogP contribution in [0, 0.1) is 0 Å². The SMILES string of the molecule is COc1ccc(CCNC(=O)c2sc3nc(-c4cccnc4)ccc3c2N)cc1OC. The van der Waals surface area contributed by atoms with Gasteiger partial charge in [0.15, 0.2) is 11.5 Å². The van der Waals surface area contributed by atoms with Crippen LogP contribution in [0.15, 0.2) is 54.9 Å². The van der Waals surface area contributed by atoms with Crippen LogP contribution in [0.25, 0.3) is 21.5 Å². The number of thiophene rings is 1. The number of rotatable bonds is 7. The number of ether oxygens (including phenoxy) is 2. The second-order valence-electron chi connectivity index (χ2n) is 6.83. The van der Waals surface area contributed by atoms with Crippen molar-refractivity contribution < 1.29 is 14.3 Å². The molecule has 1 amide bonds. The Kier molecular flexibility index (Phi) is 5.99. The fourth-order valence-corrected chi connectivity index (χ4v) is 4.29. The number of pyridine rings is 2. The number of anilines is 1. The summed E-state index contributed by atoms with van der Waals surface area (Å²) in [6.07, 6.45) is 4.13. The molecule has 31 heavy (non-hydrogen) atoms. The molecule has 3 aromatic heterocycles. The van der Waals surface area contributed by atoms with Gasteiger partial charge in [0.25, 0.3) is 5.91 Å². The molecule has 0 unspecified atom stereocenters. The van der Waals surface area contributed by atoms with Gasteiger partial charge in [-0.2, -0.15) is 0 Å². The molecule has 4 rings (SSSR count). The Morgan fingerprint density at radius 3 is 2.71 bits per heavy atom. The van der Waals surface area contributed by atoms with Crippen LogP contribution in [0.4, 0.5) is 5.69 Å². The van der Waals surface area contributed by atoms with Crippen molar-refractivity contribution in [2.24, 2.45) is 0 Å². The predicted octanol–water partition coefficient (Wildman–Crippen LogP) is 3.93. The number of nitrogens with zero attached hydrogens (tertiary/aromatic N) is 2. The summed E-state index contributed by atoms with van der Waals surface area (Å²) in [5.41, 5.74) is 9.44. The molecule has 0 atom stereocenters. The molecule has 0 saturated heterocycles. The van der Waals surface area contributed by atoms with Crippen LogP contribution in [-0.2, 0) is 6.42 Å². The minimum Gasteiger partial charge on any atom is -0.493 e. The highest BCUT2D eigenvalue weighted by Crippen LogP contribution is 2.34.